The number of benzene rings is 1. The molecule has 1 aromatic heterocycles. The summed E-state index contributed by atoms with van der Waals surface area (Å²) >= 11 is 0. The molecule has 0 saturated heterocycles. The SMILES string of the molecule is O=C(NCCCO)c1ccc(OCc2ccccn2)cc1. The summed E-state index contributed by atoms with van der Waals surface area (Å²) in [5, 5.41) is 11.4. The Bertz CT molecular complexity index is 555. The third kappa shape index (κ3) is 4.89. The van der Waals surface area contributed by atoms with Crippen molar-refractivity contribution in [1.82, 2.24) is 10.3 Å². The van der Waals surface area contributed by atoms with Gasteiger partial charge in [-0.3, -0.25) is 9.78 Å². The van der Waals surface area contributed by atoms with Crippen LogP contribution in [0.3, 0.4) is 0 Å². The Morgan fingerprint density at radius 3 is 2.67 bits per heavy atom. The predicted octanol–water partition coefficient (Wildman–Crippen LogP) is 1.77. The molecule has 21 heavy (non-hydrogen) atoms. The van der Waals surface area contributed by atoms with Crippen molar-refractivity contribution >= 4 is 5.91 Å². The van der Waals surface area contributed by atoms with Crippen molar-refractivity contribution in [3.05, 3.63) is 59.9 Å². The maximum atomic E-state index is 11.8. The molecule has 5 nitrogen and oxygen atoms in total. The number of aromatic nitrogens is 1. The predicted molar refractivity (Wildman–Crippen MR) is 79.0 cm³/mol. The second-order valence-corrected chi connectivity index (χ2v) is 4.47. The number of amides is 1. The monoisotopic (exact) mass is 286 g/mol. The van der Waals surface area contributed by atoms with Gasteiger partial charge in [-0.25, -0.2) is 0 Å². The summed E-state index contributed by atoms with van der Waals surface area (Å²) in [6, 6.07) is 12.6. The molecule has 110 valence electrons. The van der Waals surface area contributed by atoms with E-state index in [0.29, 0.717) is 30.9 Å². The molecule has 0 fully saturated rings. The zero-order chi connectivity index (χ0) is 14.9. The average Bonchev–Trinajstić information content (AvgIpc) is 2.54. The molecule has 0 bridgehead atoms. The number of rotatable bonds is 7. The molecule has 1 heterocycles. The van der Waals surface area contributed by atoms with Crippen molar-refractivity contribution in [2.75, 3.05) is 13.2 Å². The van der Waals surface area contributed by atoms with Crippen molar-refractivity contribution in [1.29, 1.82) is 0 Å². The van der Waals surface area contributed by atoms with Gasteiger partial charge in [-0.15, -0.1) is 0 Å². The van der Waals surface area contributed by atoms with Crippen LogP contribution in [0, 0.1) is 0 Å². The third-order valence-electron chi connectivity index (χ3n) is 2.85. The fourth-order valence-corrected chi connectivity index (χ4v) is 1.73. The molecule has 5 heteroatoms. The molecule has 2 aromatic rings. The number of carbonyl (C=O) groups is 1. The van der Waals surface area contributed by atoms with E-state index in [9.17, 15) is 4.79 Å². The highest BCUT2D eigenvalue weighted by Gasteiger charge is 2.05. The molecular formula is C16H18N2O3. The first-order valence-electron chi connectivity index (χ1n) is 6.81. The van der Waals surface area contributed by atoms with Crippen LogP contribution in [-0.2, 0) is 6.61 Å². The zero-order valence-corrected chi connectivity index (χ0v) is 11.7. The van der Waals surface area contributed by atoms with E-state index in [4.69, 9.17) is 9.84 Å². The Morgan fingerprint density at radius 1 is 1.19 bits per heavy atom. The van der Waals surface area contributed by atoms with Crippen molar-refractivity contribution < 1.29 is 14.6 Å². The summed E-state index contributed by atoms with van der Waals surface area (Å²) in [6.07, 6.45) is 2.27. The molecule has 1 amide bonds. The van der Waals surface area contributed by atoms with E-state index in [2.05, 4.69) is 10.3 Å². The maximum Gasteiger partial charge on any atom is 0.251 e. The van der Waals surface area contributed by atoms with Gasteiger partial charge in [-0.2, -0.15) is 0 Å². The van der Waals surface area contributed by atoms with Crippen LogP contribution in [0.15, 0.2) is 48.7 Å². The lowest BCUT2D eigenvalue weighted by molar-refractivity contribution is 0.0951. The quantitative estimate of drug-likeness (QED) is 0.761. The summed E-state index contributed by atoms with van der Waals surface area (Å²) < 4.78 is 5.60. The fourth-order valence-electron chi connectivity index (χ4n) is 1.73. The summed E-state index contributed by atoms with van der Waals surface area (Å²) in [5.74, 6) is 0.535. The van der Waals surface area contributed by atoms with Gasteiger partial charge in [0.2, 0.25) is 0 Å². The second-order valence-electron chi connectivity index (χ2n) is 4.47. The highest BCUT2D eigenvalue weighted by Crippen LogP contribution is 2.13. The number of nitrogens with zero attached hydrogens (tertiary/aromatic N) is 1. The number of carbonyl (C=O) groups excluding carboxylic acids is 1. The lowest BCUT2D eigenvalue weighted by atomic mass is 10.2. The summed E-state index contributed by atoms with van der Waals surface area (Å²) in [5.41, 5.74) is 1.42. The zero-order valence-electron chi connectivity index (χ0n) is 11.7. The number of pyridine rings is 1. The average molecular weight is 286 g/mol. The molecular weight excluding hydrogens is 268 g/mol. The Kier molecular flexibility index (Phi) is 5.72. The third-order valence-corrected chi connectivity index (χ3v) is 2.85. The molecule has 0 radical (unpaired) electrons. The van der Waals surface area contributed by atoms with Gasteiger partial charge in [-0.05, 0) is 42.8 Å². The van der Waals surface area contributed by atoms with Gasteiger partial charge in [-0.1, -0.05) is 6.07 Å². The van der Waals surface area contributed by atoms with E-state index >= 15 is 0 Å². The van der Waals surface area contributed by atoms with Crippen molar-refractivity contribution in [2.45, 2.75) is 13.0 Å². The standard InChI is InChI=1S/C16H18N2O3/c19-11-3-10-18-16(20)13-5-7-15(8-6-13)21-12-14-4-1-2-9-17-14/h1-2,4-9,19H,3,10-12H2,(H,18,20). The van der Waals surface area contributed by atoms with Gasteiger partial charge in [0, 0.05) is 24.9 Å². The number of hydrogen-bond donors (Lipinski definition) is 2. The molecule has 1 aromatic carbocycles. The highest BCUT2D eigenvalue weighted by atomic mass is 16.5. The molecule has 0 atom stereocenters. The number of nitrogens with one attached hydrogen (secondary N) is 1. The van der Waals surface area contributed by atoms with E-state index in [1.165, 1.54) is 0 Å². The normalized spacial score (nSPS) is 10.1. The van der Waals surface area contributed by atoms with E-state index in [0.717, 1.165) is 5.69 Å². The minimum Gasteiger partial charge on any atom is -0.487 e. The largest absolute Gasteiger partial charge is 0.487 e. The highest BCUT2D eigenvalue weighted by molar-refractivity contribution is 5.94. The van der Waals surface area contributed by atoms with Crippen LogP contribution in [-0.4, -0.2) is 29.1 Å². The van der Waals surface area contributed by atoms with Crippen LogP contribution in [0.25, 0.3) is 0 Å². The Balaban J connectivity index is 1.85. The maximum absolute atomic E-state index is 11.8. The van der Waals surface area contributed by atoms with Gasteiger partial charge < -0.3 is 15.2 Å². The lowest BCUT2D eigenvalue weighted by Gasteiger charge is -2.07. The number of aliphatic hydroxyl groups excluding tert-OH is 1. The van der Waals surface area contributed by atoms with Crippen LogP contribution in [0.1, 0.15) is 22.5 Å². The van der Waals surface area contributed by atoms with Gasteiger partial charge in [0.15, 0.2) is 0 Å². The van der Waals surface area contributed by atoms with Gasteiger partial charge in [0.05, 0.1) is 5.69 Å². The van der Waals surface area contributed by atoms with E-state index in [1.54, 1.807) is 30.5 Å². The van der Waals surface area contributed by atoms with Gasteiger partial charge >= 0.3 is 0 Å². The summed E-state index contributed by atoms with van der Waals surface area (Å²) in [4.78, 5) is 15.9. The molecule has 0 spiro atoms. The van der Waals surface area contributed by atoms with Gasteiger partial charge in [0.1, 0.15) is 12.4 Å². The summed E-state index contributed by atoms with van der Waals surface area (Å²) in [6.45, 7) is 0.927. The molecule has 0 unspecified atom stereocenters. The van der Waals surface area contributed by atoms with Crippen molar-refractivity contribution in [3.63, 3.8) is 0 Å². The summed E-state index contributed by atoms with van der Waals surface area (Å²) in [7, 11) is 0. The molecule has 0 aliphatic carbocycles. The molecule has 0 aliphatic rings. The fraction of sp³-hybridized carbons (Fsp3) is 0.250. The van der Waals surface area contributed by atoms with Crippen LogP contribution < -0.4 is 10.1 Å². The topological polar surface area (TPSA) is 71.5 Å². The van der Waals surface area contributed by atoms with Crippen LogP contribution in [0.4, 0.5) is 0 Å². The van der Waals surface area contributed by atoms with Crippen LogP contribution >= 0.6 is 0 Å². The van der Waals surface area contributed by atoms with Crippen LogP contribution in [0.2, 0.25) is 0 Å². The Hall–Kier alpha value is -2.40. The number of hydrogen-bond acceptors (Lipinski definition) is 4. The van der Waals surface area contributed by atoms with Crippen molar-refractivity contribution in [2.24, 2.45) is 0 Å². The first kappa shape index (κ1) is 15.0. The number of ether oxygens (including phenoxy) is 1. The molecule has 2 N–H and O–H groups in total. The van der Waals surface area contributed by atoms with Crippen molar-refractivity contribution in [3.8, 4) is 5.75 Å². The number of aliphatic hydroxyl groups is 1. The van der Waals surface area contributed by atoms with E-state index in [1.807, 2.05) is 18.2 Å². The Labute approximate surface area is 123 Å². The minimum atomic E-state index is -0.153. The first-order chi connectivity index (χ1) is 10.3. The van der Waals surface area contributed by atoms with E-state index in [-0.39, 0.29) is 12.5 Å². The molecule has 0 aliphatic heterocycles. The van der Waals surface area contributed by atoms with Gasteiger partial charge in [0.25, 0.3) is 5.91 Å². The molecule has 0 saturated carbocycles. The van der Waals surface area contributed by atoms with Crippen LogP contribution in [0.5, 0.6) is 5.75 Å². The van der Waals surface area contributed by atoms with E-state index < -0.39 is 0 Å². The first-order valence-corrected chi connectivity index (χ1v) is 6.81. The molecule has 2 rings (SSSR count). The Morgan fingerprint density at radius 2 is 2.00 bits per heavy atom. The lowest BCUT2D eigenvalue weighted by Crippen LogP contribution is -2.24. The smallest absolute Gasteiger partial charge is 0.251 e. The minimum absolute atomic E-state index is 0.0700. The second kappa shape index (κ2) is 8.01.